The third-order valence-corrected chi connectivity index (χ3v) is 4.05. The van der Waals surface area contributed by atoms with Crippen molar-refractivity contribution in [3.05, 3.63) is 47.7 Å². The number of ether oxygens (including phenoxy) is 3. The fraction of sp³-hybridized carbons (Fsp3) is 0.333. The molecule has 0 radical (unpaired) electrons. The van der Waals surface area contributed by atoms with Gasteiger partial charge in [-0.05, 0) is 24.6 Å². The molecule has 1 atom stereocenters. The van der Waals surface area contributed by atoms with Crippen LogP contribution in [-0.4, -0.2) is 44.3 Å². The largest absolute Gasteiger partial charge is 0.493 e. The molecule has 1 aromatic rings. The maximum atomic E-state index is 12.7. The molecular formula is C18H20F2N2O5. The molecule has 146 valence electrons. The molecule has 1 heterocycles. The van der Waals surface area contributed by atoms with Crippen molar-refractivity contribution in [2.45, 2.75) is 19.6 Å². The number of amides is 2. The first-order chi connectivity index (χ1) is 12.8. The molecule has 0 aromatic heterocycles. The van der Waals surface area contributed by atoms with Crippen LogP contribution < -0.4 is 14.8 Å². The fourth-order valence-corrected chi connectivity index (χ4v) is 2.82. The second-order valence-electron chi connectivity index (χ2n) is 5.56. The first-order valence-corrected chi connectivity index (χ1v) is 7.94. The fourth-order valence-electron chi connectivity index (χ4n) is 2.82. The Balaban J connectivity index is 2.56. The number of nitrogens with zero attached hydrogens (tertiary/aromatic N) is 1. The van der Waals surface area contributed by atoms with Crippen LogP contribution in [0.15, 0.2) is 42.1 Å². The minimum absolute atomic E-state index is 0.0924. The lowest BCUT2D eigenvalue weighted by atomic mass is 9.94. The number of hydrogen-bond acceptors (Lipinski definition) is 5. The zero-order chi connectivity index (χ0) is 20.1. The highest BCUT2D eigenvalue weighted by atomic mass is 19.3. The summed E-state index contributed by atoms with van der Waals surface area (Å²) in [6.45, 7) is 2.31. The summed E-state index contributed by atoms with van der Waals surface area (Å²) in [7, 11) is 2.53. The number of allylic oxidation sites excluding steroid dienone is 1. The Bertz CT molecular complexity index is 779. The van der Waals surface area contributed by atoms with Crippen molar-refractivity contribution in [3.63, 3.8) is 0 Å². The van der Waals surface area contributed by atoms with E-state index in [4.69, 9.17) is 9.47 Å². The number of nitrogens with one attached hydrogen (secondary N) is 1. The van der Waals surface area contributed by atoms with E-state index in [0.29, 0.717) is 11.3 Å². The molecule has 1 N–H and O–H groups in total. The molecule has 0 fully saturated rings. The molecule has 2 rings (SSSR count). The van der Waals surface area contributed by atoms with Crippen molar-refractivity contribution in [1.29, 1.82) is 0 Å². The molecule has 0 saturated carbocycles. The lowest BCUT2D eigenvalue weighted by Crippen LogP contribution is -2.48. The van der Waals surface area contributed by atoms with Crippen LogP contribution in [0.1, 0.15) is 18.5 Å². The third-order valence-electron chi connectivity index (χ3n) is 4.05. The van der Waals surface area contributed by atoms with E-state index < -0.39 is 24.7 Å². The number of hydrogen-bond donors (Lipinski definition) is 1. The van der Waals surface area contributed by atoms with Crippen molar-refractivity contribution >= 4 is 12.0 Å². The van der Waals surface area contributed by atoms with E-state index in [1.54, 1.807) is 13.0 Å². The van der Waals surface area contributed by atoms with Crippen molar-refractivity contribution in [1.82, 2.24) is 10.2 Å². The van der Waals surface area contributed by atoms with Crippen LogP contribution >= 0.6 is 0 Å². The summed E-state index contributed by atoms with van der Waals surface area (Å²) in [6, 6.07) is 2.88. The maximum absolute atomic E-state index is 12.7. The Labute approximate surface area is 155 Å². The molecule has 7 nitrogen and oxygen atoms in total. The van der Waals surface area contributed by atoms with Gasteiger partial charge in [0, 0.05) is 12.2 Å². The number of urea groups is 1. The van der Waals surface area contributed by atoms with Gasteiger partial charge in [0.25, 0.3) is 0 Å². The number of alkyl halides is 2. The van der Waals surface area contributed by atoms with Crippen LogP contribution in [0.25, 0.3) is 0 Å². The van der Waals surface area contributed by atoms with E-state index in [-0.39, 0.29) is 23.6 Å². The summed E-state index contributed by atoms with van der Waals surface area (Å²) < 4.78 is 39.7. The van der Waals surface area contributed by atoms with E-state index in [1.807, 2.05) is 0 Å². The van der Waals surface area contributed by atoms with E-state index in [0.717, 1.165) is 0 Å². The van der Waals surface area contributed by atoms with Gasteiger partial charge in [0.15, 0.2) is 11.5 Å². The number of halogens is 2. The molecule has 0 bridgehead atoms. The second-order valence-corrected chi connectivity index (χ2v) is 5.56. The summed E-state index contributed by atoms with van der Waals surface area (Å²) in [5.74, 6) is -0.775. The molecule has 0 unspecified atom stereocenters. The maximum Gasteiger partial charge on any atom is 0.387 e. The van der Waals surface area contributed by atoms with E-state index in [2.05, 4.69) is 16.6 Å². The number of benzene rings is 1. The lowest BCUT2D eigenvalue weighted by molar-refractivity contribution is -0.136. The van der Waals surface area contributed by atoms with Gasteiger partial charge in [-0.3, -0.25) is 4.90 Å². The molecule has 27 heavy (non-hydrogen) atoms. The minimum atomic E-state index is -3.06. The van der Waals surface area contributed by atoms with Crippen LogP contribution in [0.2, 0.25) is 0 Å². The number of methoxy groups -OCH3 is 2. The van der Waals surface area contributed by atoms with Gasteiger partial charge in [0.1, 0.15) is 0 Å². The first kappa shape index (κ1) is 20.2. The van der Waals surface area contributed by atoms with Crippen LogP contribution in [-0.2, 0) is 9.53 Å². The van der Waals surface area contributed by atoms with Crippen LogP contribution in [0.5, 0.6) is 11.5 Å². The highest BCUT2D eigenvalue weighted by Crippen LogP contribution is 2.36. The number of carbonyl (C=O) groups is 2. The van der Waals surface area contributed by atoms with Crippen molar-refractivity contribution in [3.8, 4) is 11.5 Å². The van der Waals surface area contributed by atoms with Gasteiger partial charge in [0.05, 0.1) is 25.8 Å². The van der Waals surface area contributed by atoms with Crippen LogP contribution in [0.4, 0.5) is 13.6 Å². The van der Waals surface area contributed by atoms with Gasteiger partial charge in [-0.15, -0.1) is 6.58 Å². The Kier molecular flexibility index (Phi) is 6.38. The first-order valence-electron chi connectivity index (χ1n) is 7.94. The summed E-state index contributed by atoms with van der Waals surface area (Å²) in [5, 5.41) is 2.68. The third kappa shape index (κ3) is 4.18. The van der Waals surface area contributed by atoms with Crippen LogP contribution in [0.3, 0.4) is 0 Å². The zero-order valence-electron chi connectivity index (χ0n) is 15.1. The van der Waals surface area contributed by atoms with Gasteiger partial charge < -0.3 is 19.5 Å². The highest BCUT2D eigenvalue weighted by molar-refractivity contribution is 5.95. The lowest BCUT2D eigenvalue weighted by Gasteiger charge is -2.34. The van der Waals surface area contributed by atoms with Gasteiger partial charge >= 0.3 is 18.6 Å². The Morgan fingerprint density at radius 1 is 1.37 bits per heavy atom. The van der Waals surface area contributed by atoms with Crippen molar-refractivity contribution in [2.24, 2.45) is 0 Å². The Morgan fingerprint density at radius 3 is 2.63 bits per heavy atom. The monoisotopic (exact) mass is 382 g/mol. The molecular weight excluding hydrogens is 362 g/mol. The van der Waals surface area contributed by atoms with E-state index >= 15 is 0 Å². The predicted molar refractivity (Wildman–Crippen MR) is 92.5 cm³/mol. The summed E-state index contributed by atoms with van der Waals surface area (Å²) in [5.41, 5.74) is 0.910. The standard InChI is InChI=1S/C18H20F2N2O5/c1-5-8-22-10(2)14(16(23)26-4)15(21-18(22)24)11-6-7-12(25-3)13(9-11)27-17(19)20/h5-7,9,15,17H,1,8H2,2-4H3,(H,21,24)/t15-/m1/s1. The summed E-state index contributed by atoms with van der Waals surface area (Å²) in [4.78, 5) is 26.1. The average molecular weight is 382 g/mol. The highest BCUT2D eigenvalue weighted by Gasteiger charge is 2.36. The van der Waals surface area contributed by atoms with Gasteiger partial charge in [-0.25, -0.2) is 9.59 Å². The predicted octanol–water partition coefficient (Wildman–Crippen LogP) is 3.00. The van der Waals surface area contributed by atoms with Crippen molar-refractivity contribution in [2.75, 3.05) is 20.8 Å². The van der Waals surface area contributed by atoms with Gasteiger partial charge in [0.2, 0.25) is 0 Å². The minimum Gasteiger partial charge on any atom is -0.493 e. The number of carbonyl (C=O) groups excluding carboxylic acids is 2. The van der Waals surface area contributed by atoms with Crippen molar-refractivity contribution < 1.29 is 32.6 Å². The van der Waals surface area contributed by atoms with E-state index in [9.17, 15) is 18.4 Å². The summed E-state index contributed by atoms with van der Waals surface area (Å²) in [6.07, 6.45) is 1.51. The zero-order valence-corrected chi connectivity index (χ0v) is 15.1. The van der Waals surface area contributed by atoms with E-state index in [1.165, 1.54) is 37.3 Å². The second kappa shape index (κ2) is 8.52. The van der Waals surface area contributed by atoms with Gasteiger partial charge in [-0.2, -0.15) is 8.78 Å². The molecule has 1 aliphatic heterocycles. The SMILES string of the molecule is C=CCN1C(=O)N[C@H](c2ccc(OC)c(OC(F)F)c2)C(C(=O)OC)=C1C. The number of esters is 1. The molecule has 2 amide bonds. The quantitative estimate of drug-likeness (QED) is 0.580. The smallest absolute Gasteiger partial charge is 0.387 e. The molecule has 0 spiro atoms. The topological polar surface area (TPSA) is 77.1 Å². The average Bonchev–Trinajstić information content (AvgIpc) is 2.63. The molecule has 9 heteroatoms. The van der Waals surface area contributed by atoms with Crippen LogP contribution in [0, 0.1) is 0 Å². The number of rotatable bonds is 7. The molecule has 0 saturated heterocycles. The Morgan fingerprint density at radius 2 is 2.07 bits per heavy atom. The molecule has 0 aliphatic carbocycles. The summed E-state index contributed by atoms with van der Waals surface area (Å²) >= 11 is 0. The normalized spacial score (nSPS) is 16.9. The van der Waals surface area contributed by atoms with Gasteiger partial charge in [-0.1, -0.05) is 12.1 Å². The Hall–Kier alpha value is -3.10. The molecule has 1 aromatic carbocycles. The molecule has 1 aliphatic rings.